The predicted molar refractivity (Wildman–Crippen MR) is 75.1 cm³/mol. The van der Waals surface area contributed by atoms with E-state index in [1.165, 1.54) is 0 Å². The summed E-state index contributed by atoms with van der Waals surface area (Å²) in [7, 11) is 0. The van der Waals surface area contributed by atoms with E-state index in [-0.39, 0.29) is 12.6 Å². The van der Waals surface area contributed by atoms with Crippen molar-refractivity contribution in [3.8, 4) is 0 Å². The number of urea groups is 1. The molecule has 5 nitrogen and oxygen atoms in total. The normalized spacial score (nSPS) is 13.7. The first-order valence-electron chi connectivity index (χ1n) is 6.20. The van der Waals surface area contributed by atoms with Gasteiger partial charge in [-0.3, -0.25) is 4.79 Å². The zero-order chi connectivity index (χ0) is 14.0. The summed E-state index contributed by atoms with van der Waals surface area (Å²) in [5.41, 5.74) is -0.893. The number of hydrogen-bond acceptors (Lipinski definition) is 3. The maximum absolute atomic E-state index is 11.4. The summed E-state index contributed by atoms with van der Waals surface area (Å²) in [6.07, 6.45) is 4.55. The number of carbonyl (C=O) groups is 2. The van der Waals surface area contributed by atoms with Gasteiger partial charge in [-0.1, -0.05) is 6.92 Å². The smallest absolute Gasteiger partial charge is 0.314 e. The predicted octanol–water partition coefficient (Wildman–Crippen LogP) is 1.93. The summed E-state index contributed by atoms with van der Waals surface area (Å²) in [5, 5.41) is 14.4. The van der Waals surface area contributed by atoms with Crippen LogP contribution in [0.5, 0.6) is 0 Å². The summed E-state index contributed by atoms with van der Waals surface area (Å²) in [6, 6.07) is -0.292. The van der Waals surface area contributed by atoms with Crippen LogP contribution in [0, 0.1) is 5.41 Å². The van der Waals surface area contributed by atoms with E-state index in [1.54, 1.807) is 25.6 Å². The Kier molecular flexibility index (Phi) is 8.62. The first-order valence-corrected chi connectivity index (χ1v) is 7.59. The molecule has 0 aromatic carbocycles. The number of carboxylic acids is 1. The maximum Gasteiger partial charge on any atom is 0.314 e. The Bertz CT molecular complexity index is 274. The average Bonchev–Trinajstić information content (AvgIpc) is 2.35. The molecule has 0 aliphatic heterocycles. The van der Waals surface area contributed by atoms with E-state index in [1.807, 2.05) is 0 Å². The third-order valence-electron chi connectivity index (χ3n) is 3.00. The topological polar surface area (TPSA) is 78.4 Å². The van der Waals surface area contributed by atoms with Crippen LogP contribution in [0.2, 0.25) is 0 Å². The van der Waals surface area contributed by atoms with Gasteiger partial charge in [-0.05, 0) is 38.2 Å². The first kappa shape index (κ1) is 17.1. The lowest BCUT2D eigenvalue weighted by molar-refractivity contribution is -0.147. The van der Waals surface area contributed by atoms with Gasteiger partial charge in [0.2, 0.25) is 0 Å². The van der Waals surface area contributed by atoms with Gasteiger partial charge in [0.1, 0.15) is 0 Å². The largest absolute Gasteiger partial charge is 0.481 e. The molecule has 106 valence electrons. The van der Waals surface area contributed by atoms with Crippen molar-refractivity contribution in [1.82, 2.24) is 10.6 Å². The van der Waals surface area contributed by atoms with Crippen molar-refractivity contribution < 1.29 is 14.7 Å². The molecule has 2 amide bonds. The van der Waals surface area contributed by atoms with Crippen LogP contribution in [-0.4, -0.2) is 42.2 Å². The Balaban J connectivity index is 3.79. The Hall–Kier alpha value is -0.910. The standard InChI is InChI=1S/C12H24N2O3S/c1-4-12(2,10(15)16)9-14-11(17)13-7-5-6-8-18-3/h4-9H2,1-3H3,(H,15,16)(H2,13,14,17). The fourth-order valence-corrected chi connectivity index (χ4v) is 1.76. The van der Waals surface area contributed by atoms with Crippen LogP contribution in [0.4, 0.5) is 4.79 Å². The van der Waals surface area contributed by atoms with Gasteiger partial charge in [0, 0.05) is 13.1 Å². The van der Waals surface area contributed by atoms with Crippen molar-refractivity contribution in [3.63, 3.8) is 0 Å². The summed E-state index contributed by atoms with van der Waals surface area (Å²) in [4.78, 5) is 22.5. The van der Waals surface area contributed by atoms with Crippen molar-refractivity contribution in [3.05, 3.63) is 0 Å². The number of carbonyl (C=O) groups excluding carboxylic acids is 1. The molecule has 0 aliphatic rings. The van der Waals surface area contributed by atoms with Gasteiger partial charge in [0.05, 0.1) is 5.41 Å². The highest BCUT2D eigenvalue weighted by Crippen LogP contribution is 2.19. The Morgan fingerprint density at radius 1 is 1.28 bits per heavy atom. The molecule has 18 heavy (non-hydrogen) atoms. The monoisotopic (exact) mass is 276 g/mol. The number of nitrogens with one attached hydrogen (secondary N) is 2. The molecule has 1 atom stereocenters. The number of rotatable bonds is 9. The molecular weight excluding hydrogens is 252 g/mol. The molecule has 0 bridgehead atoms. The quantitative estimate of drug-likeness (QED) is 0.562. The number of hydrogen-bond donors (Lipinski definition) is 3. The van der Waals surface area contributed by atoms with E-state index < -0.39 is 11.4 Å². The molecule has 0 aliphatic carbocycles. The van der Waals surface area contributed by atoms with E-state index in [9.17, 15) is 9.59 Å². The molecule has 0 aromatic heterocycles. The zero-order valence-electron chi connectivity index (χ0n) is 11.4. The second-order valence-electron chi connectivity index (χ2n) is 4.53. The Morgan fingerprint density at radius 2 is 1.94 bits per heavy atom. The van der Waals surface area contributed by atoms with Crippen molar-refractivity contribution in [2.75, 3.05) is 25.1 Å². The minimum atomic E-state index is -0.893. The molecule has 0 aromatic rings. The molecule has 0 radical (unpaired) electrons. The van der Waals surface area contributed by atoms with Gasteiger partial charge in [0.25, 0.3) is 0 Å². The van der Waals surface area contributed by atoms with Gasteiger partial charge in [-0.15, -0.1) is 0 Å². The van der Waals surface area contributed by atoms with E-state index >= 15 is 0 Å². The van der Waals surface area contributed by atoms with E-state index in [0.717, 1.165) is 18.6 Å². The molecule has 3 N–H and O–H groups in total. The van der Waals surface area contributed by atoms with Gasteiger partial charge < -0.3 is 15.7 Å². The van der Waals surface area contributed by atoms with E-state index in [0.29, 0.717) is 13.0 Å². The lowest BCUT2D eigenvalue weighted by Gasteiger charge is -2.23. The van der Waals surface area contributed by atoms with Crippen molar-refractivity contribution in [2.24, 2.45) is 5.41 Å². The number of carboxylic acid groups (broad SMARTS) is 1. The second-order valence-corrected chi connectivity index (χ2v) is 5.51. The van der Waals surface area contributed by atoms with Crippen LogP contribution in [0.25, 0.3) is 0 Å². The van der Waals surface area contributed by atoms with Crippen LogP contribution in [0.15, 0.2) is 0 Å². The lowest BCUT2D eigenvalue weighted by atomic mass is 9.88. The zero-order valence-corrected chi connectivity index (χ0v) is 12.2. The molecule has 0 rings (SSSR count). The second kappa shape index (κ2) is 9.08. The third-order valence-corrected chi connectivity index (χ3v) is 3.69. The van der Waals surface area contributed by atoms with Gasteiger partial charge in [-0.2, -0.15) is 11.8 Å². The summed E-state index contributed by atoms with van der Waals surface area (Å²) >= 11 is 1.79. The SMILES string of the molecule is CCC(C)(CNC(=O)NCCCCSC)C(=O)O. The summed E-state index contributed by atoms with van der Waals surface area (Å²) in [6.45, 7) is 4.21. The molecule has 0 fully saturated rings. The molecule has 1 unspecified atom stereocenters. The Morgan fingerprint density at radius 3 is 2.44 bits per heavy atom. The maximum atomic E-state index is 11.4. The average molecular weight is 276 g/mol. The van der Waals surface area contributed by atoms with Crippen LogP contribution >= 0.6 is 11.8 Å². The van der Waals surface area contributed by atoms with Crippen LogP contribution in [-0.2, 0) is 4.79 Å². The fraction of sp³-hybridized carbons (Fsp3) is 0.833. The minimum absolute atomic E-state index is 0.148. The fourth-order valence-electron chi connectivity index (χ4n) is 1.26. The number of thioether (sulfide) groups is 1. The summed E-state index contributed by atoms with van der Waals surface area (Å²) in [5.74, 6) is 0.209. The third kappa shape index (κ3) is 6.74. The highest BCUT2D eigenvalue weighted by molar-refractivity contribution is 7.98. The summed E-state index contributed by atoms with van der Waals surface area (Å²) < 4.78 is 0. The van der Waals surface area contributed by atoms with Crippen molar-refractivity contribution in [2.45, 2.75) is 33.1 Å². The van der Waals surface area contributed by atoms with Crippen LogP contribution in [0.1, 0.15) is 33.1 Å². The lowest BCUT2D eigenvalue weighted by Crippen LogP contribution is -2.44. The highest BCUT2D eigenvalue weighted by atomic mass is 32.2. The molecule has 0 heterocycles. The number of aliphatic carboxylic acids is 1. The Labute approximate surface area is 113 Å². The highest BCUT2D eigenvalue weighted by Gasteiger charge is 2.31. The van der Waals surface area contributed by atoms with Crippen molar-refractivity contribution >= 4 is 23.8 Å². The molecular formula is C12H24N2O3S. The van der Waals surface area contributed by atoms with E-state index in [2.05, 4.69) is 16.9 Å². The van der Waals surface area contributed by atoms with Gasteiger partial charge in [-0.25, -0.2) is 4.79 Å². The molecule has 6 heteroatoms. The van der Waals surface area contributed by atoms with Crippen molar-refractivity contribution in [1.29, 1.82) is 0 Å². The van der Waals surface area contributed by atoms with E-state index in [4.69, 9.17) is 5.11 Å². The van der Waals surface area contributed by atoms with Gasteiger partial charge >= 0.3 is 12.0 Å². The van der Waals surface area contributed by atoms with Gasteiger partial charge in [0.15, 0.2) is 0 Å². The molecule has 0 saturated heterocycles. The minimum Gasteiger partial charge on any atom is -0.481 e. The molecule has 0 saturated carbocycles. The van der Waals surface area contributed by atoms with Crippen LogP contribution in [0.3, 0.4) is 0 Å². The first-order chi connectivity index (χ1) is 8.46. The number of amides is 2. The van der Waals surface area contributed by atoms with Crippen LogP contribution < -0.4 is 10.6 Å². The molecule has 0 spiro atoms. The number of unbranched alkanes of at least 4 members (excludes halogenated alkanes) is 1.